The summed E-state index contributed by atoms with van der Waals surface area (Å²) in [6.45, 7) is 5.55. The van der Waals surface area contributed by atoms with Gasteiger partial charge in [-0.05, 0) is 32.9 Å². The highest BCUT2D eigenvalue weighted by Crippen LogP contribution is 2.13. The van der Waals surface area contributed by atoms with Crippen LogP contribution >= 0.6 is 15.9 Å². The molecule has 0 saturated heterocycles. The molecule has 6 heteroatoms. The van der Waals surface area contributed by atoms with Crippen molar-refractivity contribution in [2.75, 3.05) is 5.32 Å². The van der Waals surface area contributed by atoms with Crippen LogP contribution in [0.4, 0.5) is 5.82 Å². The number of rotatable bonds is 3. The second-order valence-corrected chi connectivity index (χ2v) is 5.79. The molecule has 0 aliphatic rings. The predicted molar refractivity (Wildman–Crippen MR) is 77.2 cm³/mol. The van der Waals surface area contributed by atoms with Gasteiger partial charge in [-0.15, -0.1) is 0 Å². The first-order valence-electron chi connectivity index (χ1n) is 5.63. The lowest BCUT2D eigenvalue weighted by atomic mass is 10.1. The van der Waals surface area contributed by atoms with E-state index in [2.05, 4.69) is 31.5 Å². The Labute approximate surface area is 120 Å². The molecule has 0 saturated carbocycles. The van der Waals surface area contributed by atoms with Crippen molar-refractivity contribution in [1.82, 2.24) is 10.3 Å². The first-order valence-corrected chi connectivity index (χ1v) is 6.42. The molecule has 1 aromatic rings. The summed E-state index contributed by atoms with van der Waals surface area (Å²) in [7, 11) is 0. The van der Waals surface area contributed by atoms with E-state index in [9.17, 15) is 4.79 Å². The van der Waals surface area contributed by atoms with Crippen molar-refractivity contribution < 1.29 is 4.79 Å². The van der Waals surface area contributed by atoms with Crippen molar-refractivity contribution in [1.29, 1.82) is 5.26 Å². The zero-order chi connectivity index (χ0) is 14.5. The largest absolute Gasteiger partial charge is 0.347 e. The highest BCUT2D eigenvalue weighted by molar-refractivity contribution is 9.10. The summed E-state index contributed by atoms with van der Waals surface area (Å²) in [4.78, 5) is 15.9. The van der Waals surface area contributed by atoms with E-state index in [1.165, 1.54) is 6.20 Å². The molecule has 5 nitrogen and oxygen atoms in total. The van der Waals surface area contributed by atoms with Gasteiger partial charge in [0, 0.05) is 22.4 Å². The van der Waals surface area contributed by atoms with Crippen LogP contribution in [0.5, 0.6) is 0 Å². The van der Waals surface area contributed by atoms with Gasteiger partial charge in [0.15, 0.2) is 0 Å². The number of nitriles is 1. The van der Waals surface area contributed by atoms with Crippen molar-refractivity contribution in [2.45, 2.75) is 26.3 Å². The van der Waals surface area contributed by atoms with Gasteiger partial charge < -0.3 is 10.6 Å². The van der Waals surface area contributed by atoms with Crippen LogP contribution in [0.2, 0.25) is 0 Å². The molecule has 19 heavy (non-hydrogen) atoms. The van der Waals surface area contributed by atoms with Crippen LogP contribution in [0, 0.1) is 11.3 Å². The van der Waals surface area contributed by atoms with Crippen molar-refractivity contribution in [2.24, 2.45) is 0 Å². The number of nitrogens with zero attached hydrogens (tertiary/aromatic N) is 2. The molecule has 1 rings (SSSR count). The minimum absolute atomic E-state index is 0.00306. The molecule has 0 radical (unpaired) electrons. The van der Waals surface area contributed by atoms with Gasteiger partial charge in [-0.3, -0.25) is 4.79 Å². The monoisotopic (exact) mass is 322 g/mol. The summed E-state index contributed by atoms with van der Waals surface area (Å²) in [6.07, 6.45) is 2.96. The Bertz CT molecular complexity index is 540. The van der Waals surface area contributed by atoms with E-state index in [0.29, 0.717) is 5.82 Å². The fourth-order valence-electron chi connectivity index (χ4n) is 1.19. The normalized spacial score (nSPS) is 11.6. The predicted octanol–water partition coefficient (Wildman–Crippen LogP) is 2.58. The lowest BCUT2D eigenvalue weighted by Gasteiger charge is -2.19. The Morgan fingerprint density at radius 2 is 2.21 bits per heavy atom. The van der Waals surface area contributed by atoms with E-state index in [1.807, 2.05) is 26.8 Å². The Hall–Kier alpha value is -1.87. The Morgan fingerprint density at radius 1 is 1.53 bits per heavy atom. The average molecular weight is 323 g/mol. The summed E-state index contributed by atoms with van der Waals surface area (Å²) in [5.74, 6) is 0.128. The van der Waals surface area contributed by atoms with E-state index >= 15 is 0 Å². The summed E-state index contributed by atoms with van der Waals surface area (Å²) >= 11 is 3.31. The highest BCUT2D eigenvalue weighted by Gasteiger charge is 2.17. The third kappa shape index (κ3) is 5.53. The molecule has 0 bridgehead atoms. The molecule has 0 spiro atoms. The molecular weight excluding hydrogens is 308 g/mol. The van der Waals surface area contributed by atoms with Crippen molar-refractivity contribution in [3.63, 3.8) is 0 Å². The van der Waals surface area contributed by atoms with Crippen LogP contribution in [0.3, 0.4) is 0 Å². The summed E-state index contributed by atoms with van der Waals surface area (Å²) in [5.41, 5.74) is -0.391. The standard InChI is InChI=1S/C13H15BrN4O/c1-13(2,3)18-12(19)9(7-15)8-17-11-6-10(14)4-5-16-11/h4-6,8H,1-3H3,(H,16,17)(H,18,19)/b9-8-. The fourth-order valence-corrected chi connectivity index (χ4v) is 1.52. The van der Waals surface area contributed by atoms with Gasteiger partial charge in [-0.2, -0.15) is 5.26 Å². The van der Waals surface area contributed by atoms with Crippen LogP contribution in [0.25, 0.3) is 0 Å². The second kappa shape index (κ2) is 6.34. The van der Waals surface area contributed by atoms with Crippen LogP contribution in [-0.4, -0.2) is 16.4 Å². The lowest BCUT2D eigenvalue weighted by Crippen LogP contribution is -2.41. The number of amides is 1. The fraction of sp³-hybridized carbons (Fsp3) is 0.308. The van der Waals surface area contributed by atoms with Crippen LogP contribution in [-0.2, 0) is 4.79 Å². The SMILES string of the molecule is CC(C)(C)NC(=O)/C(C#N)=C\Nc1cc(Br)ccn1. The molecule has 1 aromatic heterocycles. The van der Waals surface area contributed by atoms with E-state index in [-0.39, 0.29) is 11.1 Å². The van der Waals surface area contributed by atoms with Crippen LogP contribution < -0.4 is 10.6 Å². The molecule has 0 aliphatic carbocycles. The second-order valence-electron chi connectivity index (χ2n) is 4.88. The van der Waals surface area contributed by atoms with Gasteiger partial charge >= 0.3 is 0 Å². The Balaban J connectivity index is 2.78. The van der Waals surface area contributed by atoms with Gasteiger partial charge in [-0.1, -0.05) is 15.9 Å². The summed E-state index contributed by atoms with van der Waals surface area (Å²) in [5, 5.41) is 14.5. The average Bonchev–Trinajstić information content (AvgIpc) is 2.27. The molecule has 0 aromatic carbocycles. The number of hydrogen-bond acceptors (Lipinski definition) is 4. The lowest BCUT2D eigenvalue weighted by molar-refractivity contribution is -0.118. The molecule has 1 heterocycles. The molecule has 0 atom stereocenters. The first-order chi connectivity index (χ1) is 8.81. The van der Waals surface area contributed by atoms with Crippen molar-refractivity contribution >= 4 is 27.7 Å². The Morgan fingerprint density at radius 3 is 2.74 bits per heavy atom. The molecule has 0 unspecified atom stereocenters. The minimum Gasteiger partial charge on any atom is -0.347 e. The smallest absolute Gasteiger partial charge is 0.263 e. The molecular formula is C13H15BrN4O. The van der Waals surface area contributed by atoms with Gasteiger partial charge in [0.05, 0.1) is 0 Å². The maximum Gasteiger partial charge on any atom is 0.263 e. The maximum atomic E-state index is 11.8. The number of aromatic nitrogens is 1. The van der Waals surface area contributed by atoms with Crippen molar-refractivity contribution in [3.8, 4) is 6.07 Å². The van der Waals surface area contributed by atoms with E-state index in [4.69, 9.17) is 5.26 Å². The first kappa shape index (κ1) is 15.2. The maximum absolute atomic E-state index is 11.8. The number of pyridine rings is 1. The molecule has 0 aliphatic heterocycles. The third-order valence-electron chi connectivity index (χ3n) is 1.94. The molecule has 1 amide bonds. The van der Waals surface area contributed by atoms with Crippen LogP contribution in [0.1, 0.15) is 20.8 Å². The number of halogens is 1. The number of anilines is 1. The number of carbonyl (C=O) groups excluding carboxylic acids is 1. The summed E-state index contributed by atoms with van der Waals surface area (Å²) < 4.78 is 0.857. The topological polar surface area (TPSA) is 77.8 Å². The summed E-state index contributed by atoms with van der Waals surface area (Å²) in [6, 6.07) is 5.38. The quantitative estimate of drug-likeness (QED) is 0.662. The van der Waals surface area contributed by atoms with Gasteiger partial charge in [-0.25, -0.2) is 4.98 Å². The van der Waals surface area contributed by atoms with Gasteiger partial charge in [0.2, 0.25) is 0 Å². The Kier molecular flexibility index (Phi) is 5.07. The minimum atomic E-state index is -0.419. The zero-order valence-corrected chi connectivity index (χ0v) is 12.6. The van der Waals surface area contributed by atoms with Crippen molar-refractivity contribution in [3.05, 3.63) is 34.6 Å². The van der Waals surface area contributed by atoms with E-state index in [1.54, 1.807) is 18.3 Å². The number of carbonyl (C=O) groups is 1. The molecule has 2 N–H and O–H groups in total. The van der Waals surface area contributed by atoms with Gasteiger partial charge in [0.1, 0.15) is 17.5 Å². The number of hydrogen-bond donors (Lipinski definition) is 2. The molecule has 100 valence electrons. The zero-order valence-electron chi connectivity index (χ0n) is 11.0. The van der Waals surface area contributed by atoms with Gasteiger partial charge in [0.25, 0.3) is 5.91 Å². The number of nitrogens with one attached hydrogen (secondary N) is 2. The molecule has 0 fully saturated rings. The van der Waals surface area contributed by atoms with E-state index < -0.39 is 5.91 Å². The van der Waals surface area contributed by atoms with E-state index in [0.717, 1.165) is 4.47 Å². The van der Waals surface area contributed by atoms with Crippen LogP contribution in [0.15, 0.2) is 34.6 Å². The third-order valence-corrected chi connectivity index (χ3v) is 2.43. The highest BCUT2D eigenvalue weighted by atomic mass is 79.9.